The van der Waals surface area contributed by atoms with E-state index in [9.17, 15) is 10.2 Å². The maximum absolute atomic E-state index is 9.51. The smallest absolute Gasteiger partial charge is 0.170 e. The molecule has 2 aromatic rings. The third-order valence-corrected chi connectivity index (χ3v) is 3.53. The van der Waals surface area contributed by atoms with Gasteiger partial charge in [0.2, 0.25) is 0 Å². The van der Waals surface area contributed by atoms with Crippen LogP contribution in [0, 0.1) is 0 Å². The molecule has 0 spiro atoms. The Bertz CT molecular complexity index is 727. The van der Waals surface area contributed by atoms with Crippen LogP contribution in [0.3, 0.4) is 0 Å². The van der Waals surface area contributed by atoms with Gasteiger partial charge in [0.05, 0.1) is 0 Å². The first-order chi connectivity index (χ1) is 10.0. The van der Waals surface area contributed by atoms with Gasteiger partial charge in [0.1, 0.15) is 0 Å². The molecule has 0 amide bonds. The zero-order chi connectivity index (χ0) is 15.4. The summed E-state index contributed by atoms with van der Waals surface area (Å²) in [5.41, 5.74) is 7.70. The molecule has 0 bridgehead atoms. The molecule has 6 heteroatoms. The van der Waals surface area contributed by atoms with Crippen LogP contribution in [0.5, 0.6) is 11.5 Å². The van der Waals surface area contributed by atoms with Crippen LogP contribution in [0.4, 0.5) is 0 Å². The van der Waals surface area contributed by atoms with E-state index in [0.717, 1.165) is 5.56 Å². The lowest BCUT2D eigenvalue weighted by molar-refractivity contribution is 0.318. The van der Waals surface area contributed by atoms with Crippen LogP contribution in [-0.4, -0.2) is 21.3 Å². The lowest BCUT2D eigenvalue weighted by atomic mass is 10.1. The summed E-state index contributed by atoms with van der Waals surface area (Å²) in [6, 6.07) is 10.0. The Labute approximate surface area is 129 Å². The SMILES string of the molecule is N/C(=N\O)c1cccc(/C=C/c2cc(O)c(O)cc2Br)c1. The second kappa shape index (κ2) is 6.32. The maximum atomic E-state index is 9.51. The van der Waals surface area contributed by atoms with E-state index in [1.165, 1.54) is 12.1 Å². The van der Waals surface area contributed by atoms with Crippen molar-refractivity contribution in [3.63, 3.8) is 0 Å². The van der Waals surface area contributed by atoms with Gasteiger partial charge in [-0.1, -0.05) is 51.4 Å². The highest BCUT2D eigenvalue weighted by molar-refractivity contribution is 9.10. The van der Waals surface area contributed by atoms with Crippen molar-refractivity contribution in [2.45, 2.75) is 0 Å². The van der Waals surface area contributed by atoms with E-state index in [2.05, 4.69) is 21.1 Å². The zero-order valence-electron chi connectivity index (χ0n) is 10.9. The quantitative estimate of drug-likeness (QED) is 0.171. The Morgan fingerprint density at radius 2 is 1.81 bits per heavy atom. The van der Waals surface area contributed by atoms with E-state index in [4.69, 9.17) is 10.9 Å². The van der Waals surface area contributed by atoms with Crippen molar-refractivity contribution < 1.29 is 15.4 Å². The fraction of sp³-hybridized carbons (Fsp3) is 0. The second-order valence-corrected chi connectivity index (χ2v) is 5.16. The van der Waals surface area contributed by atoms with Crippen molar-refractivity contribution in [1.82, 2.24) is 0 Å². The molecule has 0 aliphatic heterocycles. The molecular formula is C15H13BrN2O3. The minimum Gasteiger partial charge on any atom is -0.504 e. The predicted molar refractivity (Wildman–Crippen MR) is 85.4 cm³/mol. The monoisotopic (exact) mass is 348 g/mol. The van der Waals surface area contributed by atoms with E-state index >= 15 is 0 Å². The first kappa shape index (κ1) is 14.9. The number of amidine groups is 1. The number of phenols is 2. The lowest BCUT2D eigenvalue weighted by Gasteiger charge is -2.03. The molecule has 21 heavy (non-hydrogen) atoms. The van der Waals surface area contributed by atoms with Crippen LogP contribution >= 0.6 is 15.9 Å². The van der Waals surface area contributed by atoms with E-state index < -0.39 is 0 Å². The van der Waals surface area contributed by atoms with E-state index in [1.54, 1.807) is 24.3 Å². The van der Waals surface area contributed by atoms with E-state index in [1.807, 2.05) is 12.1 Å². The van der Waals surface area contributed by atoms with Crippen molar-refractivity contribution in [3.8, 4) is 11.5 Å². The van der Waals surface area contributed by atoms with Gasteiger partial charge in [-0.2, -0.15) is 0 Å². The number of rotatable bonds is 3. The Hall–Kier alpha value is -2.47. The van der Waals surface area contributed by atoms with Crippen LogP contribution in [0.25, 0.3) is 12.2 Å². The third kappa shape index (κ3) is 3.55. The molecule has 2 aromatic carbocycles. The molecule has 0 aromatic heterocycles. The summed E-state index contributed by atoms with van der Waals surface area (Å²) in [6.45, 7) is 0. The van der Waals surface area contributed by atoms with Crippen molar-refractivity contribution >= 4 is 33.9 Å². The number of benzene rings is 2. The summed E-state index contributed by atoms with van der Waals surface area (Å²) in [5.74, 6) is -0.343. The topological polar surface area (TPSA) is 99.1 Å². The number of nitrogens with zero attached hydrogens (tertiary/aromatic N) is 1. The molecule has 2 rings (SSSR count). The number of aromatic hydroxyl groups is 2. The molecule has 5 nitrogen and oxygen atoms in total. The average molecular weight is 349 g/mol. The van der Waals surface area contributed by atoms with Crippen LogP contribution in [0.1, 0.15) is 16.7 Å². The van der Waals surface area contributed by atoms with E-state index in [-0.39, 0.29) is 17.3 Å². The molecule has 0 heterocycles. The van der Waals surface area contributed by atoms with Gasteiger partial charge < -0.3 is 21.2 Å². The largest absolute Gasteiger partial charge is 0.504 e. The number of nitrogens with two attached hydrogens (primary N) is 1. The van der Waals surface area contributed by atoms with Gasteiger partial charge in [0, 0.05) is 10.0 Å². The number of phenolic OH excluding ortho intramolecular Hbond substituents is 2. The molecule has 108 valence electrons. The maximum Gasteiger partial charge on any atom is 0.170 e. The summed E-state index contributed by atoms with van der Waals surface area (Å²) >= 11 is 3.31. The van der Waals surface area contributed by atoms with Gasteiger partial charge in [0.25, 0.3) is 0 Å². The first-order valence-electron chi connectivity index (χ1n) is 5.99. The third-order valence-electron chi connectivity index (χ3n) is 2.84. The molecule has 0 aliphatic rings. The van der Waals surface area contributed by atoms with E-state index in [0.29, 0.717) is 15.6 Å². The van der Waals surface area contributed by atoms with Gasteiger partial charge in [0.15, 0.2) is 17.3 Å². The van der Waals surface area contributed by atoms with Gasteiger partial charge in [-0.3, -0.25) is 0 Å². The summed E-state index contributed by atoms with van der Waals surface area (Å²) in [4.78, 5) is 0. The van der Waals surface area contributed by atoms with Crippen LogP contribution in [0.2, 0.25) is 0 Å². The normalized spacial score (nSPS) is 12.0. The molecule has 0 saturated carbocycles. The number of halogens is 1. The van der Waals surface area contributed by atoms with Crippen LogP contribution < -0.4 is 5.73 Å². The van der Waals surface area contributed by atoms with Crippen molar-refractivity contribution in [1.29, 1.82) is 0 Å². The molecule has 5 N–H and O–H groups in total. The summed E-state index contributed by atoms with van der Waals surface area (Å²) in [6.07, 6.45) is 3.58. The molecule has 0 unspecified atom stereocenters. The van der Waals surface area contributed by atoms with Gasteiger partial charge in [-0.05, 0) is 29.3 Å². The predicted octanol–water partition coefficient (Wildman–Crippen LogP) is 3.13. The number of hydrogen-bond donors (Lipinski definition) is 4. The highest BCUT2D eigenvalue weighted by Gasteiger charge is 2.04. The minimum absolute atomic E-state index is 0.0358. The fourth-order valence-corrected chi connectivity index (χ4v) is 2.20. The lowest BCUT2D eigenvalue weighted by Crippen LogP contribution is -2.12. The average Bonchev–Trinajstić information content (AvgIpc) is 2.49. The Morgan fingerprint density at radius 3 is 2.52 bits per heavy atom. The highest BCUT2D eigenvalue weighted by Crippen LogP contribution is 2.32. The van der Waals surface area contributed by atoms with Crippen LogP contribution in [0.15, 0.2) is 46.0 Å². The second-order valence-electron chi connectivity index (χ2n) is 4.31. The minimum atomic E-state index is -0.191. The Morgan fingerprint density at radius 1 is 1.10 bits per heavy atom. The van der Waals surface area contributed by atoms with Gasteiger partial charge in [-0.15, -0.1) is 0 Å². The first-order valence-corrected chi connectivity index (χ1v) is 6.78. The Kier molecular flexibility index (Phi) is 4.49. The summed E-state index contributed by atoms with van der Waals surface area (Å²) in [7, 11) is 0. The number of oxime groups is 1. The Balaban J connectivity index is 2.32. The van der Waals surface area contributed by atoms with Crippen LogP contribution in [-0.2, 0) is 0 Å². The summed E-state index contributed by atoms with van der Waals surface area (Å²) < 4.78 is 0.654. The molecule has 0 radical (unpaired) electrons. The molecule has 0 saturated heterocycles. The van der Waals surface area contributed by atoms with Crippen molar-refractivity contribution in [2.75, 3.05) is 0 Å². The fourth-order valence-electron chi connectivity index (χ4n) is 1.74. The van der Waals surface area contributed by atoms with Gasteiger partial charge >= 0.3 is 0 Å². The van der Waals surface area contributed by atoms with Gasteiger partial charge in [-0.25, -0.2) is 0 Å². The molecule has 0 fully saturated rings. The molecule has 0 aliphatic carbocycles. The van der Waals surface area contributed by atoms with Crippen molar-refractivity contribution in [2.24, 2.45) is 10.9 Å². The highest BCUT2D eigenvalue weighted by atomic mass is 79.9. The standard InChI is InChI=1S/C15H13BrN2O3/c16-12-8-14(20)13(19)7-10(12)5-4-9-2-1-3-11(6-9)15(17)18-21/h1-8,19-21H,(H2,17,18)/b5-4+. The summed E-state index contributed by atoms with van der Waals surface area (Å²) in [5, 5.41) is 30.5. The zero-order valence-corrected chi connectivity index (χ0v) is 12.4. The molecule has 0 atom stereocenters. The van der Waals surface area contributed by atoms with Crippen molar-refractivity contribution in [3.05, 3.63) is 57.6 Å². The number of hydrogen-bond acceptors (Lipinski definition) is 4. The molecular weight excluding hydrogens is 336 g/mol.